The van der Waals surface area contributed by atoms with Crippen LogP contribution in [0, 0.1) is 0 Å². The van der Waals surface area contributed by atoms with Crippen molar-refractivity contribution in [2.75, 3.05) is 18.5 Å². The standard InChI is InChI=1S/C19H17N3O4S/c1-2-26-15-7-5-14(6-8-15)21-17(23)12-22-18(24)16(27-19(22)25)10-13-4-3-9-20-11-13/h3-11H,2,12H2,1H3,(H,21,23)/b16-10+. The van der Waals surface area contributed by atoms with Crippen LogP contribution >= 0.6 is 11.8 Å². The highest BCUT2D eigenvalue weighted by Crippen LogP contribution is 2.31. The molecule has 1 N–H and O–H groups in total. The number of nitrogens with zero attached hydrogens (tertiary/aromatic N) is 2. The SMILES string of the molecule is CCOc1ccc(NC(=O)CN2C(=O)S/C(=C/c3cccnc3)C2=O)cc1. The van der Waals surface area contributed by atoms with Gasteiger partial charge in [-0.3, -0.25) is 24.3 Å². The molecule has 3 amide bonds. The zero-order valence-electron chi connectivity index (χ0n) is 14.5. The van der Waals surface area contributed by atoms with E-state index < -0.39 is 17.1 Å². The van der Waals surface area contributed by atoms with E-state index in [2.05, 4.69) is 10.3 Å². The quantitative estimate of drug-likeness (QED) is 0.771. The number of amides is 3. The number of ether oxygens (including phenoxy) is 1. The maximum Gasteiger partial charge on any atom is 0.294 e. The largest absolute Gasteiger partial charge is 0.494 e. The van der Waals surface area contributed by atoms with Crippen molar-refractivity contribution in [1.29, 1.82) is 0 Å². The smallest absolute Gasteiger partial charge is 0.294 e. The summed E-state index contributed by atoms with van der Waals surface area (Å²) in [4.78, 5) is 41.9. The van der Waals surface area contributed by atoms with Crippen molar-refractivity contribution < 1.29 is 19.1 Å². The monoisotopic (exact) mass is 383 g/mol. The second-order valence-electron chi connectivity index (χ2n) is 5.56. The van der Waals surface area contributed by atoms with Crippen molar-refractivity contribution in [3.8, 4) is 5.75 Å². The number of thioether (sulfide) groups is 1. The molecule has 0 bridgehead atoms. The summed E-state index contributed by atoms with van der Waals surface area (Å²) < 4.78 is 5.34. The molecule has 1 aromatic carbocycles. The van der Waals surface area contributed by atoms with Gasteiger partial charge in [-0.05, 0) is 60.7 Å². The molecular formula is C19H17N3O4S. The van der Waals surface area contributed by atoms with Gasteiger partial charge in [-0.15, -0.1) is 0 Å². The predicted molar refractivity (Wildman–Crippen MR) is 103 cm³/mol. The van der Waals surface area contributed by atoms with Crippen molar-refractivity contribution in [2.24, 2.45) is 0 Å². The van der Waals surface area contributed by atoms with E-state index in [1.807, 2.05) is 6.92 Å². The molecule has 1 aliphatic rings. The summed E-state index contributed by atoms with van der Waals surface area (Å²) in [5.74, 6) is -0.248. The highest BCUT2D eigenvalue weighted by molar-refractivity contribution is 8.18. The van der Waals surface area contributed by atoms with Crippen molar-refractivity contribution >= 4 is 40.6 Å². The number of carbonyl (C=O) groups excluding carboxylic acids is 3. The maximum atomic E-state index is 12.4. The Morgan fingerprint density at radius 1 is 1.26 bits per heavy atom. The third kappa shape index (κ3) is 4.73. The first-order chi connectivity index (χ1) is 13.1. The van der Waals surface area contributed by atoms with Crippen LogP contribution in [0.3, 0.4) is 0 Å². The van der Waals surface area contributed by atoms with Gasteiger partial charge in [0.05, 0.1) is 11.5 Å². The lowest BCUT2D eigenvalue weighted by molar-refractivity contribution is -0.127. The van der Waals surface area contributed by atoms with E-state index in [0.717, 1.165) is 16.7 Å². The minimum absolute atomic E-state index is 0.266. The average molecular weight is 383 g/mol. The molecule has 0 saturated carbocycles. The lowest BCUT2D eigenvalue weighted by atomic mass is 10.2. The Morgan fingerprint density at radius 3 is 2.70 bits per heavy atom. The lowest BCUT2D eigenvalue weighted by Crippen LogP contribution is -2.36. The first-order valence-electron chi connectivity index (χ1n) is 8.25. The van der Waals surface area contributed by atoms with Gasteiger partial charge in [-0.2, -0.15) is 0 Å². The van der Waals surface area contributed by atoms with Crippen molar-refractivity contribution in [1.82, 2.24) is 9.88 Å². The van der Waals surface area contributed by atoms with Crippen LogP contribution in [-0.2, 0) is 9.59 Å². The lowest BCUT2D eigenvalue weighted by Gasteiger charge is -2.12. The Hall–Kier alpha value is -3.13. The highest BCUT2D eigenvalue weighted by atomic mass is 32.2. The van der Waals surface area contributed by atoms with Crippen molar-refractivity contribution in [2.45, 2.75) is 6.92 Å². The van der Waals surface area contributed by atoms with Crippen LogP contribution in [0.4, 0.5) is 10.5 Å². The minimum Gasteiger partial charge on any atom is -0.494 e. The van der Waals surface area contributed by atoms with E-state index in [4.69, 9.17) is 4.74 Å². The van der Waals surface area contributed by atoms with E-state index in [-0.39, 0.29) is 11.4 Å². The highest BCUT2D eigenvalue weighted by Gasteiger charge is 2.36. The van der Waals surface area contributed by atoms with Crippen LogP contribution in [0.1, 0.15) is 12.5 Å². The van der Waals surface area contributed by atoms with Crippen LogP contribution in [0.15, 0.2) is 53.7 Å². The topological polar surface area (TPSA) is 88.6 Å². The summed E-state index contributed by atoms with van der Waals surface area (Å²) >= 11 is 0.807. The first kappa shape index (κ1) is 18.7. The number of imide groups is 1. The normalized spacial score (nSPS) is 15.3. The second-order valence-corrected chi connectivity index (χ2v) is 6.55. The summed E-state index contributed by atoms with van der Waals surface area (Å²) in [6, 6.07) is 10.4. The average Bonchev–Trinajstić information content (AvgIpc) is 2.92. The van der Waals surface area contributed by atoms with Gasteiger partial charge in [-0.25, -0.2) is 0 Å². The van der Waals surface area contributed by atoms with E-state index >= 15 is 0 Å². The van der Waals surface area contributed by atoms with Gasteiger partial charge in [0.25, 0.3) is 11.1 Å². The molecule has 2 heterocycles. The van der Waals surface area contributed by atoms with Crippen LogP contribution < -0.4 is 10.1 Å². The van der Waals surface area contributed by atoms with Gasteiger partial charge >= 0.3 is 0 Å². The van der Waals surface area contributed by atoms with Crippen LogP contribution in [0.2, 0.25) is 0 Å². The third-order valence-electron chi connectivity index (χ3n) is 3.61. The van der Waals surface area contributed by atoms with Crippen LogP contribution in [-0.4, -0.2) is 40.1 Å². The predicted octanol–water partition coefficient (Wildman–Crippen LogP) is 3.16. The molecule has 138 valence electrons. The molecule has 0 aliphatic carbocycles. The van der Waals surface area contributed by atoms with E-state index in [9.17, 15) is 14.4 Å². The zero-order chi connectivity index (χ0) is 19.2. The zero-order valence-corrected chi connectivity index (χ0v) is 15.4. The van der Waals surface area contributed by atoms with Gasteiger partial charge in [0.2, 0.25) is 5.91 Å². The molecule has 3 rings (SSSR count). The van der Waals surface area contributed by atoms with Crippen molar-refractivity contribution in [3.05, 3.63) is 59.3 Å². The number of aromatic nitrogens is 1. The fourth-order valence-electron chi connectivity index (χ4n) is 2.39. The molecule has 2 aromatic rings. The summed E-state index contributed by atoms with van der Waals surface area (Å²) in [7, 11) is 0. The molecule has 1 fully saturated rings. The molecule has 1 aromatic heterocycles. The fraction of sp³-hybridized carbons (Fsp3) is 0.158. The molecule has 0 atom stereocenters. The Labute approximate surface area is 160 Å². The van der Waals surface area contributed by atoms with E-state index in [0.29, 0.717) is 23.6 Å². The Balaban J connectivity index is 1.63. The molecule has 8 heteroatoms. The Kier molecular flexibility index (Phi) is 5.87. The molecular weight excluding hydrogens is 366 g/mol. The Bertz CT molecular complexity index is 882. The maximum absolute atomic E-state index is 12.4. The van der Waals surface area contributed by atoms with E-state index in [1.165, 1.54) is 0 Å². The summed E-state index contributed by atoms with van der Waals surface area (Å²) in [5.41, 5.74) is 1.27. The minimum atomic E-state index is -0.490. The first-order valence-corrected chi connectivity index (χ1v) is 9.06. The number of benzene rings is 1. The van der Waals surface area contributed by atoms with E-state index in [1.54, 1.807) is 54.9 Å². The van der Waals surface area contributed by atoms with Gasteiger partial charge in [0.15, 0.2) is 0 Å². The summed E-state index contributed by atoms with van der Waals surface area (Å²) in [5, 5.41) is 2.19. The molecule has 0 spiro atoms. The van der Waals surface area contributed by atoms with Gasteiger partial charge in [0, 0.05) is 18.1 Å². The molecule has 1 aliphatic heterocycles. The molecule has 7 nitrogen and oxygen atoms in total. The number of carbonyl (C=O) groups is 3. The summed E-state index contributed by atoms with van der Waals surface area (Å²) in [6.07, 6.45) is 4.79. The number of hydrogen-bond donors (Lipinski definition) is 1. The number of pyridine rings is 1. The number of nitrogens with one attached hydrogen (secondary N) is 1. The van der Waals surface area contributed by atoms with Gasteiger partial charge in [0.1, 0.15) is 12.3 Å². The molecule has 27 heavy (non-hydrogen) atoms. The number of hydrogen-bond acceptors (Lipinski definition) is 6. The van der Waals surface area contributed by atoms with Crippen LogP contribution in [0.5, 0.6) is 5.75 Å². The van der Waals surface area contributed by atoms with Crippen LogP contribution in [0.25, 0.3) is 6.08 Å². The fourth-order valence-corrected chi connectivity index (χ4v) is 3.23. The van der Waals surface area contributed by atoms with Crippen molar-refractivity contribution in [3.63, 3.8) is 0 Å². The summed E-state index contributed by atoms with van der Waals surface area (Å²) in [6.45, 7) is 2.09. The van der Waals surface area contributed by atoms with Gasteiger partial charge in [-0.1, -0.05) is 6.07 Å². The molecule has 1 saturated heterocycles. The second kappa shape index (κ2) is 8.50. The molecule has 0 unspecified atom stereocenters. The third-order valence-corrected chi connectivity index (χ3v) is 4.51. The molecule has 0 radical (unpaired) electrons. The number of rotatable bonds is 6. The Morgan fingerprint density at radius 2 is 2.04 bits per heavy atom. The van der Waals surface area contributed by atoms with Gasteiger partial charge < -0.3 is 10.1 Å². The number of anilines is 1.